The van der Waals surface area contributed by atoms with Gasteiger partial charge >= 0.3 is 0 Å². The summed E-state index contributed by atoms with van der Waals surface area (Å²) in [4.78, 5) is 6.00. The highest BCUT2D eigenvalue weighted by Crippen LogP contribution is 2.26. The molecule has 0 spiro atoms. The van der Waals surface area contributed by atoms with Gasteiger partial charge in [0.1, 0.15) is 0 Å². The highest BCUT2D eigenvalue weighted by atomic mass is 32.2. The first-order chi connectivity index (χ1) is 12.5. The number of thioether (sulfide) groups is 1. The number of hydrogen-bond donors (Lipinski definition) is 1. The molecule has 0 aliphatic carbocycles. The molecule has 0 atom stereocenters. The van der Waals surface area contributed by atoms with Crippen LogP contribution in [-0.4, -0.2) is 27.6 Å². The Morgan fingerprint density at radius 2 is 2.08 bits per heavy atom. The van der Waals surface area contributed by atoms with Crippen molar-refractivity contribution in [3.05, 3.63) is 47.8 Å². The Bertz CT molecular complexity index is 875. The fourth-order valence-corrected chi connectivity index (χ4v) is 3.14. The first-order valence-electron chi connectivity index (χ1n) is 8.84. The van der Waals surface area contributed by atoms with Crippen molar-refractivity contribution in [3.8, 4) is 5.88 Å². The van der Waals surface area contributed by atoms with Crippen LogP contribution in [0.1, 0.15) is 25.0 Å². The number of nitrogens with one attached hydrogen (secondary N) is 1. The Labute approximate surface area is 159 Å². The number of fused-ring (bicyclic) bond motifs is 1. The second-order valence-corrected chi connectivity index (χ2v) is 7.72. The molecule has 0 aliphatic rings. The highest BCUT2D eigenvalue weighted by molar-refractivity contribution is 7.98. The van der Waals surface area contributed by atoms with Crippen LogP contribution in [0.4, 0.5) is 0 Å². The van der Waals surface area contributed by atoms with Crippen molar-refractivity contribution >= 4 is 22.7 Å². The summed E-state index contributed by atoms with van der Waals surface area (Å²) in [5.41, 5.74) is 3.22. The lowest BCUT2D eigenvalue weighted by molar-refractivity contribution is 0.259. The third-order valence-electron chi connectivity index (χ3n) is 4.02. The highest BCUT2D eigenvalue weighted by Gasteiger charge is 2.10. The number of hydrogen-bond acceptors (Lipinski definition) is 5. The second-order valence-electron chi connectivity index (χ2n) is 6.84. The molecule has 6 heteroatoms. The minimum atomic E-state index is 0.459. The van der Waals surface area contributed by atoms with E-state index in [1.807, 2.05) is 24.1 Å². The smallest absolute Gasteiger partial charge is 0.218 e. The zero-order valence-electron chi connectivity index (χ0n) is 15.8. The molecule has 1 N–H and O–H groups in total. The second kappa shape index (κ2) is 8.56. The number of pyridine rings is 1. The van der Waals surface area contributed by atoms with E-state index in [9.17, 15) is 0 Å². The van der Waals surface area contributed by atoms with Crippen LogP contribution >= 0.6 is 11.8 Å². The summed E-state index contributed by atoms with van der Waals surface area (Å²) >= 11 is 1.72. The van der Waals surface area contributed by atoms with E-state index < -0.39 is 0 Å². The lowest BCUT2D eigenvalue weighted by atomic mass is 10.1. The van der Waals surface area contributed by atoms with Crippen molar-refractivity contribution < 1.29 is 4.74 Å². The van der Waals surface area contributed by atoms with Gasteiger partial charge in [-0.2, -0.15) is 5.10 Å². The van der Waals surface area contributed by atoms with Gasteiger partial charge in [0.25, 0.3) is 0 Å². The van der Waals surface area contributed by atoms with Gasteiger partial charge < -0.3 is 10.1 Å². The van der Waals surface area contributed by atoms with E-state index in [1.54, 1.807) is 11.8 Å². The molecule has 2 heterocycles. The van der Waals surface area contributed by atoms with Gasteiger partial charge in [-0.05, 0) is 30.4 Å². The molecule has 26 heavy (non-hydrogen) atoms. The van der Waals surface area contributed by atoms with Gasteiger partial charge in [-0.25, -0.2) is 4.98 Å². The molecule has 0 unspecified atom stereocenters. The summed E-state index contributed by atoms with van der Waals surface area (Å²) in [6, 6.07) is 8.56. The fourth-order valence-electron chi connectivity index (χ4n) is 2.70. The molecule has 0 saturated heterocycles. The molecule has 2 aromatic heterocycles. The summed E-state index contributed by atoms with van der Waals surface area (Å²) < 4.78 is 7.83. The van der Waals surface area contributed by atoms with Gasteiger partial charge in [-0.15, -0.1) is 11.8 Å². The van der Waals surface area contributed by atoms with Crippen LogP contribution in [0, 0.1) is 5.92 Å². The van der Waals surface area contributed by atoms with Crippen molar-refractivity contribution in [2.45, 2.75) is 31.8 Å². The number of rotatable bonds is 8. The van der Waals surface area contributed by atoms with E-state index >= 15 is 0 Å². The quantitative estimate of drug-likeness (QED) is 0.607. The van der Waals surface area contributed by atoms with E-state index in [4.69, 9.17) is 9.72 Å². The normalized spacial score (nSPS) is 11.4. The van der Waals surface area contributed by atoms with Crippen LogP contribution in [-0.2, 0) is 20.1 Å². The molecule has 1 aromatic carbocycles. The monoisotopic (exact) mass is 370 g/mol. The average molecular weight is 371 g/mol. The van der Waals surface area contributed by atoms with Gasteiger partial charge in [0, 0.05) is 47.7 Å². The van der Waals surface area contributed by atoms with Crippen molar-refractivity contribution in [1.82, 2.24) is 20.1 Å². The first-order valence-corrected chi connectivity index (χ1v) is 10.1. The topological polar surface area (TPSA) is 52.0 Å². The van der Waals surface area contributed by atoms with E-state index in [0.29, 0.717) is 19.1 Å². The Balaban J connectivity index is 1.81. The van der Waals surface area contributed by atoms with Crippen molar-refractivity contribution in [2.24, 2.45) is 13.0 Å². The number of aromatic nitrogens is 3. The van der Waals surface area contributed by atoms with Crippen LogP contribution in [0.5, 0.6) is 5.88 Å². The number of nitrogens with zero attached hydrogens (tertiary/aromatic N) is 3. The van der Waals surface area contributed by atoms with Crippen LogP contribution < -0.4 is 10.1 Å². The number of aryl methyl sites for hydroxylation is 1. The lowest BCUT2D eigenvalue weighted by Gasteiger charge is -2.14. The van der Waals surface area contributed by atoms with Crippen LogP contribution in [0.2, 0.25) is 0 Å². The van der Waals surface area contributed by atoms with Crippen molar-refractivity contribution in [1.29, 1.82) is 0 Å². The van der Waals surface area contributed by atoms with Gasteiger partial charge in [0.2, 0.25) is 5.88 Å². The number of benzene rings is 1. The summed E-state index contributed by atoms with van der Waals surface area (Å²) in [6.45, 7) is 6.42. The third kappa shape index (κ3) is 4.77. The Morgan fingerprint density at radius 1 is 1.23 bits per heavy atom. The molecule has 5 nitrogen and oxygen atoms in total. The summed E-state index contributed by atoms with van der Waals surface area (Å²) in [7, 11) is 1.93. The maximum absolute atomic E-state index is 6.01. The fraction of sp³-hybridized carbons (Fsp3) is 0.400. The van der Waals surface area contributed by atoms with Crippen LogP contribution in [0.25, 0.3) is 10.9 Å². The predicted molar refractivity (Wildman–Crippen MR) is 108 cm³/mol. The van der Waals surface area contributed by atoms with Crippen molar-refractivity contribution in [3.63, 3.8) is 0 Å². The maximum atomic E-state index is 6.01. The molecule has 138 valence electrons. The SMILES string of the molecule is CSc1ccc2cc(CNCc3cnn(C)c3)c(OCC(C)C)nc2c1. The Hall–Kier alpha value is -2.05. The van der Waals surface area contributed by atoms with E-state index in [2.05, 4.69) is 54.8 Å². The van der Waals surface area contributed by atoms with E-state index in [0.717, 1.165) is 34.5 Å². The predicted octanol–water partition coefficient (Wildman–Crippen LogP) is 4.01. The zero-order valence-corrected chi connectivity index (χ0v) is 16.6. The first kappa shape index (κ1) is 18.7. The molecular weight excluding hydrogens is 344 g/mol. The molecular formula is C20H26N4OS. The largest absolute Gasteiger partial charge is 0.477 e. The Kier molecular flexibility index (Phi) is 6.16. The Morgan fingerprint density at radius 3 is 2.77 bits per heavy atom. The maximum Gasteiger partial charge on any atom is 0.218 e. The van der Waals surface area contributed by atoms with Gasteiger partial charge in [0.15, 0.2) is 0 Å². The molecule has 3 rings (SSSR count). The molecule has 3 aromatic rings. The molecule has 0 saturated carbocycles. The molecule has 0 bridgehead atoms. The third-order valence-corrected chi connectivity index (χ3v) is 4.75. The van der Waals surface area contributed by atoms with Crippen molar-refractivity contribution in [2.75, 3.05) is 12.9 Å². The molecule has 0 radical (unpaired) electrons. The van der Waals surface area contributed by atoms with Gasteiger partial charge in [-0.1, -0.05) is 19.9 Å². The van der Waals surface area contributed by atoms with E-state index in [-0.39, 0.29) is 0 Å². The molecule has 0 fully saturated rings. The van der Waals surface area contributed by atoms with E-state index in [1.165, 1.54) is 4.90 Å². The standard InChI is InChI=1S/C20H26N4OS/c1-14(2)13-25-20-17(11-21-9-15-10-22-24(3)12-15)7-16-5-6-18(26-4)8-19(16)23-20/h5-8,10,12,14,21H,9,11,13H2,1-4H3. The van der Waals surface area contributed by atoms with Crippen LogP contribution in [0.3, 0.4) is 0 Å². The lowest BCUT2D eigenvalue weighted by Crippen LogP contribution is -2.15. The van der Waals surface area contributed by atoms with Gasteiger partial charge in [0.05, 0.1) is 18.3 Å². The average Bonchev–Trinajstić information content (AvgIpc) is 3.04. The minimum Gasteiger partial charge on any atom is -0.477 e. The minimum absolute atomic E-state index is 0.459. The zero-order chi connectivity index (χ0) is 18.5. The van der Waals surface area contributed by atoms with Crippen LogP contribution in [0.15, 0.2) is 41.6 Å². The van der Waals surface area contributed by atoms with Gasteiger partial charge in [-0.3, -0.25) is 4.68 Å². The summed E-state index contributed by atoms with van der Waals surface area (Å²) in [5.74, 6) is 1.18. The summed E-state index contributed by atoms with van der Waals surface area (Å²) in [5, 5.41) is 8.81. The molecule has 0 aliphatic heterocycles. The summed E-state index contributed by atoms with van der Waals surface area (Å²) in [6.07, 6.45) is 5.98. The molecule has 0 amide bonds. The number of ether oxygens (including phenoxy) is 1.